The zero-order valence-corrected chi connectivity index (χ0v) is 8.42. The lowest BCUT2D eigenvalue weighted by atomic mass is 9.73. The second kappa shape index (κ2) is 3.48. The van der Waals surface area contributed by atoms with Crippen molar-refractivity contribution in [3.8, 4) is 0 Å². The van der Waals surface area contributed by atoms with Crippen molar-refractivity contribution in [1.82, 2.24) is 0 Å². The quantitative estimate of drug-likeness (QED) is 0.611. The Morgan fingerprint density at radius 3 is 2.62 bits per heavy atom. The molecule has 0 N–H and O–H groups in total. The largest absolute Gasteiger partial charge is 0.465 e. The zero-order valence-electron chi connectivity index (χ0n) is 8.42. The Labute approximate surface area is 78.5 Å². The van der Waals surface area contributed by atoms with Crippen molar-refractivity contribution in [2.75, 3.05) is 6.61 Å². The molecule has 3 heteroatoms. The Hall–Kier alpha value is -0.860. The summed E-state index contributed by atoms with van der Waals surface area (Å²) in [7, 11) is 0. The van der Waals surface area contributed by atoms with Gasteiger partial charge in [-0.25, -0.2) is 0 Å². The summed E-state index contributed by atoms with van der Waals surface area (Å²) in [6, 6.07) is 0. The van der Waals surface area contributed by atoms with Crippen LogP contribution in [0.4, 0.5) is 0 Å². The fraction of sp³-hybridized carbons (Fsp3) is 0.800. The highest BCUT2D eigenvalue weighted by Crippen LogP contribution is 2.34. The highest BCUT2D eigenvalue weighted by atomic mass is 16.5. The maximum Gasteiger partial charge on any atom is 0.309 e. The Kier molecular flexibility index (Phi) is 2.74. The summed E-state index contributed by atoms with van der Waals surface area (Å²) >= 11 is 0. The van der Waals surface area contributed by atoms with Gasteiger partial charge in [0.05, 0.1) is 12.5 Å². The fourth-order valence-corrected chi connectivity index (χ4v) is 1.58. The molecule has 0 aromatic rings. The van der Waals surface area contributed by atoms with Gasteiger partial charge in [0, 0.05) is 5.41 Å². The molecule has 0 aromatic carbocycles. The molecule has 1 rings (SSSR count). The van der Waals surface area contributed by atoms with E-state index in [9.17, 15) is 9.59 Å². The SMILES string of the molecule is CC(=O)C(C)(C)[C@@H]1CCCOC1=O. The van der Waals surface area contributed by atoms with Gasteiger partial charge in [0.1, 0.15) is 5.78 Å². The van der Waals surface area contributed by atoms with Crippen LogP contribution in [0.3, 0.4) is 0 Å². The average molecular weight is 184 g/mol. The molecule has 13 heavy (non-hydrogen) atoms. The predicted octanol–water partition coefficient (Wildman–Crippen LogP) is 1.55. The topological polar surface area (TPSA) is 43.4 Å². The second-order valence-corrected chi connectivity index (χ2v) is 4.14. The second-order valence-electron chi connectivity index (χ2n) is 4.14. The molecule has 1 heterocycles. The van der Waals surface area contributed by atoms with E-state index in [1.165, 1.54) is 6.92 Å². The third-order valence-electron chi connectivity index (χ3n) is 2.94. The van der Waals surface area contributed by atoms with E-state index in [0.29, 0.717) is 6.61 Å². The van der Waals surface area contributed by atoms with Gasteiger partial charge in [-0.05, 0) is 19.8 Å². The molecule has 74 valence electrons. The summed E-state index contributed by atoms with van der Waals surface area (Å²) in [5.41, 5.74) is -0.572. The van der Waals surface area contributed by atoms with Crippen molar-refractivity contribution in [3.63, 3.8) is 0 Å². The van der Waals surface area contributed by atoms with Crippen LogP contribution < -0.4 is 0 Å². The fourth-order valence-electron chi connectivity index (χ4n) is 1.58. The molecule has 0 aromatic heterocycles. The van der Waals surface area contributed by atoms with Crippen LogP contribution in [0.1, 0.15) is 33.6 Å². The number of esters is 1. The van der Waals surface area contributed by atoms with Crippen molar-refractivity contribution in [2.24, 2.45) is 11.3 Å². The van der Waals surface area contributed by atoms with Crippen LogP contribution in [0.5, 0.6) is 0 Å². The molecular weight excluding hydrogens is 168 g/mol. The number of carbonyl (C=O) groups is 2. The van der Waals surface area contributed by atoms with Crippen molar-refractivity contribution in [1.29, 1.82) is 0 Å². The van der Waals surface area contributed by atoms with Gasteiger partial charge >= 0.3 is 5.97 Å². The van der Waals surface area contributed by atoms with Gasteiger partial charge in [-0.15, -0.1) is 0 Å². The standard InChI is InChI=1S/C10H16O3/c1-7(11)10(2,3)8-5-4-6-13-9(8)12/h8H,4-6H2,1-3H3/t8-/m1/s1. The summed E-state index contributed by atoms with van der Waals surface area (Å²) in [5, 5.41) is 0. The highest BCUT2D eigenvalue weighted by molar-refractivity contribution is 5.88. The molecular formula is C10H16O3. The third kappa shape index (κ3) is 1.90. The lowest BCUT2D eigenvalue weighted by Crippen LogP contribution is -2.40. The smallest absolute Gasteiger partial charge is 0.309 e. The lowest BCUT2D eigenvalue weighted by Gasteiger charge is -2.32. The minimum absolute atomic E-state index is 0.0522. The number of hydrogen-bond donors (Lipinski definition) is 0. The summed E-state index contributed by atoms with van der Waals surface area (Å²) in [4.78, 5) is 22.7. The van der Waals surface area contributed by atoms with E-state index in [2.05, 4.69) is 0 Å². The van der Waals surface area contributed by atoms with Crippen LogP contribution >= 0.6 is 0 Å². The van der Waals surface area contributed by atoms with Crippen LogP contribution in [0.15, 0.2) is 0 Å². The zero-order chi connectivity index (χ0) is 10.1. The van der Waals surface area contributed by atoms with Gasteiger partial charge in [-0.1, -0.05) is 13.8 Å². The van der Waals surface area contributed by atoms with Gasteiger partial charge in [0.25, 0.3) is 0 Å². The molecule has 0 amide bonds. The number of Topliss-reactive ketones (excluding diaryl/α,β-unsaturated/α-hetero) is 1. The monoisotopic (exact) mass is 184 g/mol. The normalized spacial score (nSPS) is 23.9. The lowest BCUT2D eigenvalue weighted by molar-refractivity contribution is -0.161. The van der Waals surface area contributed by atoms with Gasteiger partial charge in [0.2, 0.25) is 0 Å². The predicted molar refractivity (Wildman–Crippen MR) is 48.1 cm³/mol. The van der Waals surface area contributed by atoms with E-state index in [4.69, 9.17) is 4.74 Å². The van der Waals surface area contributed by atoms with Crippen molar-refractivity contribution in [3.05, 3.63) is 0 Å². The maximum absolute atomic E-state index is 11.4. The molecule has 0 unspecified atom stereocenters. The van der Waals surface area contributed by atoms with E-state index in [1.54, 1.807) is 0 Å². The third-order valence-corrected chi connectivity index (χ3v) is 2.94. The molecule has 1 saturated heterocycles. The number of carbonyl (C=O) groups excluding carboxylic acids is 2. The first-order chi connectivity index (χ1) is 5.96. The van der Waals surface area contributed by atoms with Crippen LogP contribution in [0, 0.1) is 11.3 Å². The van der Waals surface area contributed by atoms with E-state index in [0.717, 1.165) is 12.8 Å². The molecule has 1 aliphatic heterocycles. The number of ketones is 1. The Morgan fingerprint density at radius 1 is 1.54 bits per heavy atom. The van der Waals surface area contributed by atoms with Gasteiger partial charge in [0.15, 0.2) is 0 Å². The number of ether oxygens (including phenoxy) is 1. The van der Waals surface area contributed by atoms with Gasteiger partial charge < -0.3 is 4.74 Å². The summed E-state index contributed by atoms with van der Waals surface area (Å²) < 4.78 is 4.94. The number of cyclic esters (lactones) is 1. The van der Waals surface area contributed by atoms with Gasteiger partial charge in [-0.3, -0.25) is 9.59 Å². The average Bonchev–Trinajstić information content (AvgIpc) is 2.04. The minimum atomic E-state index is -0.572. The van der Waals surface area contributed by atoms with Crippen LogP contribution in [-0.2, 0) is 14.3 Å². The number of rotatable bonds is 2. The van der Waals surface area contributed by atoms with Crippen molar-refractivity contribution >= 4 is 11.8 Å². The minimum Gasteiger partial charge on any atom is -0.465 e. The first-order valence-electron chi connectivity index (χ1n) is 4.64. The highest BCUT2D eigenvalue weighted by Gasteiger charge is 2.41. The molecule has 1 fully saturated rings. The van der Waals surface area contributed by atoms with Crippen molar-refractivity contribution < 1.29 is 14.3 Å². The van der Waals surface area contributed by atoms with Crippen LogP contribution in [0.2, 0.25) is 0 Å². The van der Waals surface area contributed by atoms with E-state index in [1.807, 2.05) is 13.8 Å². The Morgan fingerprint density at radius 2 is 2.15 bits per heavy atom. The van der Waals surface area contributed by atoms with Crippen LogP contribution in [-0.4, -0.2) is 18.4 Å². The molecule has 1 aliphatic rings. The molecule has 0 spiro atoms. The van der Waals surface area contributed by atoms with E-state index >= 15 is 0 Å². The first kappa shape index (κ1) is 10.2. The molecule has 1 atom stereocenters. The number of hydrogen-bond acceptors (Lipinski definition) is 3. The summed E-state index contributed by atoms with van der Waals surface area (Å²) in [6.07, 6.45) is 1.64. The van der Waals surface area contributed by atoms with Gasteiger partial charge in [-0.2, -0.15) is 0 Å². The summed E-state index contributed by atoms with van der Waals surface area (Å²) in [5.74, 6) is -0.415. The van der Waals surface area contributed by atoms with E-state index in [-0.39, 0.29) is 17.7 Å². The maximum atomic E-state index is 11.4. The first-order valence-corrected chi connectivity index (χ1v) is 4.64. The molecule has 0 saturated carbocycles. The summed E-state index contributed by atoms with van der Waals surface area (Å²) in [6.45, 7) is 5.66. The van der Waals surface area contributed by atoms with Crippen LogP contribution in [0.25, 0.3) is 0 Å². The Balaban J connectivity index is 2.79. The molecule has 0 radical (unpaired) electrons. The molecule has 3 nitrogen and oxygen atoms in total. The van der Waals surface area contributed by atoms with Crippen molar-refractivity contribution in [2.45, 2.75) is 33.6 Å². The molecule has 0 aliphatic carbocycles. The van der Waals surface area contributed by atoms with E-state index < -0.39 is 5.41 Å². The molecule has 0 bridgehead atoms. The Bertz CT molecular complexity index is 230.